The minimum Gasteiger partial charge on any atom is -0.456 e. The highest BCUT2D eigenvalue weighted by molar-refractivity contribution is 8.75. The quantitative estimate of drug-likeness (QED) is 0.298. The Bertz CT molecular complexity index is 785. The fourth-order valence-electron chi connectivity index (χ4n) is 2.23. The standard InChI is InChI=1S/C20H23NO4S2/c1-20(2,3)25-18(22)17-8-6-5-7-16(17)15-11-9-14(10-12-15)13-26-27-21-19(23)24-4/h5-12H,13H2,1-4H3,(H,21,23). The van der Waals surface area contributed by atoms with E-state index in [0.717, 1.165) is 22.4 Å². The Morgan fingerprint density at radius 1 is 1.04 bits per heavy atom. The highest BCUT2D eigenvalue weighted by atomic mass is 33.1. The van der Waals surface area contributed by atoms with Crippen LogP contribution in [0.15, 0.2) is 48.5 Å². The van der Waals surface area contributed by atoms with Gasteiger partial charge in [0.15, 0.2) is 0 Å². The maximum Gasteiger partial charge on any atom is 0.417 e. The second-order valence-corrected chi connectivity index (χ2v) is 8.79. The molecule has 0 fully saturated rings. The summed E-state index contributed by atoms with van der Waals surface area (Å²) in [5.74, 6) is 0.394. The summed E-state index contributed by atoms with van der Waals surface area (Å²) in [6.45, 7) is 5.56. The van der Waals surface area contributed by atoms with Crippen molar-refractivity contribution in [3.63, 3.8) is 0 Å². The van der Waals surface area contributed by atoms with E-state index in [1.54, 1.807) is 6.07 Å². The van der Waals surface area contributed by atoms with Crippen LogP contribution in [0.3, 0.4) is 0 Å². The Balaban J connectivity index is 2.07. The first-order valence-electron chi connectivity index (χ1n) is 8.34. The molecule has 0 spiro atoms. The van der Waals surface area contributed by atoms with E-state index in [1.165, 1.54) is 28.9 Å². The van der Waals surface area contributed by atoms with E-state index in [1.807, 2.05) is 63.2 Å². The molecule has 0 bridgehead atoms. The molecule has 2 rings (SSSR count). The fourth-order valence-corrected chi connectivity index (χ4v) is 3.79. The maximum atomic E-state index is 12.5. The van der Waals surface area contributed by atoms with Gasteiger partial charge in [-0.25, -0.2) is 9.59 Å². The molecule has 0 aliphatic carbocycles. The maximum absolute atomic E-state index is 12.5. The van der Waals surface area contributed by atoms with Crippen molar-refractivity contribution in [1.29, 1.82) is 0 Å². The van der Waals surface area contributed by atoms with Crippen LogP contribution in [-0.4, -0.2) is 24.8 Å². The summed E-state index contributed by atoms with van der Waals surface area (Å²) in [6, 6.07) is 15.4. The zero-order valence-electron chi connectivity index (χ0n) is 15.8. The minimum atomic E-state index is -0.540. The van der Waals surface area contributed by atoms with Gasteiger partial charge in [-0.1, -0.05) is 53.3 Å². The van der Waals surface area contributed by atoms with E-state index in [0.29, 0.717) is 5.56 Å². The van der Waals surface area contributed by atoms with Gasteiger partial charge in [-0.05, 0) is 43.5 Å². The van der Waals surface area contributed by atoms with Crippen LogP contribution in [0.25, 0.3) is 11.1 Å². The summed E-state index contributed by atoms with van der Waals surface area (Å²) in [7, 11) is 4.05. The van der Waals surface area contributed by atoms with Crippen LogP contribution in [0.5, 0.6) is 0 Å². The Morgan fingerprint density at radius 2 is 1.70 bits per heavy atom. The van der Waals surface area contributed by atoms with Gasteiger partial charge in [0.2, 0.25) is 0 Å². The molecule has 7 heteroatoms. The normalized spacial score (nSPS) is 11.0. The van der Waals surface area contributed by atoms with Crippen LogP contribution in [-0.2, 0) is 15.2 Å². The molecule has 0 saturated carbocycles. The molecule has 0 saturated heterocycles. The van der Waals surface area contributed by atoms with Crippen LogP contribution >= 0.6 is 21.8 Å². The molecular weight excluding hydrogens is 382 g/mol. The molecule has 0 radical (unpaired) electrons. The van der Waals surface area contributed by atoms with Gasteiger partial charge in [-0.2, -0.15) is 0 Å². The molecule has 27 heavy (non-hydrogen) atoms. The Morgan fingerprint density at radius 3 is 2.33 bits per heavy atom. The summed E-state index contributed by atoms with van der Waals surface area (Å²) >= 11 is 0. The monoisotopic (exact) mass is 405 g/mol. The number of carbonyl (C=O) groups excluding carboxylic acids is 2. The van der Waals surface area contributed by atoms with Gasteiger partial charge in [-0.15, -0.1) is 0 Å². The number of ether oxygens (including phenoxy) is 2. The van der Waals surface area contributed by atoms with Crippen molar-refractivity contribution in [3.05, 3.63) is 59.7 Å². The number of rotatable bonds is 6. The second-order valence-electron chi connectivity index (χ2n) is 6.68. The van der Waals surface area contributed by atoms with Gasteiger partial charge in [0, 0.05) is 16.7 Å². The molecule has 0 heterocycles. The molecule has 144 valence electrons. The highest BCUT2D eigenvalue weighted by Crippen LogP contribution is 2.28. The van der Waals surface area contributed by atoms with Crippen molar-refractivity contribution < 1.29 is 19.1 Å². The smallest absolute Gasteiger partial charge is 0.417 e. The van der Waals surface area contributed by atoms with Crippen molar-refractivity contribution >= 4 is 33.8 Å². The minimum absolute atomic E-state index is 0.331. The van der Waals surface area contributed by atoms with Crippen LogP contribution in [0, 0.1) is 0 Å². The van der Waals surface area contributed by atoms with Gasteiger partial charge in [-0.3, -0.25) is 4.72 Å². The third-order valence-corrected chi connectivity index (χ3v) is 5.18. The number of hydrogen-bond donors (Lipinski definition) is 1. The van der Waals surface area contributed by atoms with Crippen molar-refractivity contribution in [2.24, 2.45) is 0 Å². The Kier molecular flexibility index (Phi) is 7.62. The van der Waals surface area contributed by atoms with Crippen molar-refractivity contribution in [1.82, 2.24) is 4.72 Å². The lowest BCUT2D eigenvalue weighted by molar-refractivity contribution is 0.00704. The van der Waals surface area contributed by atoms with E-state index < -0.39 is 11.7 Å². The zero-order valence-corrected chi connectivity index (χ0v) is 17.4. The van der Waals surface area contributed by atoms with E-state index >= 15 is 0 Å². The molecule has 0 aliphatic rings. The third kappa shape index (κ3) is 6.84. The first-order chi connectivity index (χ1) is 12.8. The number of benzene rings is 2. The third-order valence-electron chi connectivity index (χ3n) is 3.41. The number of methoxy groups -OCH3 is 1. The lowest BCUT2D eigenvalue weighted by Crippen LogP contribution is -2.24. The molecule has 0 atom stereocenters. The van der Waals surface area contributed by atoms with Crippen LogP contribution in [0.4, 0.5) is 4.79 Å². The number of nitrogens with one attached hydrogen (secondary N) is 1. The molecule has 5 nitrogen and oxygen atoms in total. The number of carbonyl (C=O) groups is 2. The summed E-state index contributed by atoms with van der Waals surface area (Å²) in [6.07, 6.45) is -0.471. The fraction of sp³-hybridized carbons (Fsp3) is 0.300. The summed E-state index contributed by atoms with van der Waals surface area (Å²) in [4.78, 5) is 23.5. The van der Waals surface area contributed by atoms with E-state index in [-0.39, 0.29) is 5.97 Å². The summed E-state index contributed by atoms with van der Waals surface area (Å²) < 4.78 is 12.6. The zero-order chi connectivity index (χ0) is 19.9. The van der Waals surface area contributed by atoms with Crippen LogP contribution in [0.1, 0.15) is 36.7 Å². The van der Waals surface area contributed by atoms with Crippen molar-refractivity contribution in [3.8, 4) is 11.1 Å². The SMILES string of the molecule is COC(=O)NSSCc1ccc(-c2ccccc2C(=O)OC(C)(C)C)cc1. The average molecular weight is 406 g/mol. The number of amides is 1. The highest BCUT2D eigenvalue weighted by Gasteiger charge is 2.20. The predicted molar refractivity (Wildman–Crippen MR) is 111 cm³/mol. The van der Waals surface area contributed by atoms with Gasteiger partial charge in [0.25, 0.3) is 0 Å². The molecule has 0 aliphatic heterocycles. The number of hydrogen-bond acceptors (Lipinski definition) is 6. The van der Waals surface area contributed by atoms with Gasteiger partial charge < -0.3 is 9.47 Å². The summed E-state index contributed by atoms with van der Waals surface area (Å²) in [5.41, 5.74) is 2.91. The van der Waals surface area contributed by atoms with Gasteiger partial charge >= 0.3 is 12.1 Å². The topological polar surface area (TPSA) is 64.6 Å². The largest absolute Gasteiger partial charge is 0.456 e. The lowest BCUT2D eigenvalue weighted by Gasteiger charge is -2.20. The molecule has 0 unspecified atom stereocenters. The predicted octanol–water partition coefficient (Wildman–Crippen LogP) is 5.46. The van der Waals surface area contributed by atoms with Crippen LogP contribution in [0.2, 0.25) is 0 Å². The first-order valence-corrected chi connectivity index (χ1v) is 10.7. The number of esters is 1. The first kappa shape index (κ1) is 21.2. The van der Waals surface area contributed by atoms with Crippen molar-refractivity contribution in [2.45, 2.75) is 32.1 Å². The Hall–Kier alpha value is -2.12. The molecule has 1 amide bonds. The molecular formula is C20H23NO4S2. The van der Waals surface area contributed by atoms with Gasteiger partial charge in [0.05, 0.1) is 12.7 Å². The second kappa shape index (κ2) is 9.71. The molecule has 0 aromatic heterocycles. The van der Waals surface area contributed by atoms with E-state index in [2.05, 4.69) is 9.46 Å². The van der Waals surface area contributed by atoms with E-state index in [4.69, 9.17) is 4.74 Å². The average Bonchev–Trinajstić information content (AvgIpc) is 2.64. The van der Waals surface area contributed by atoms with Crippen LogP contribution < -0.4 is 4.72 Å². The summed E-state index contributed by atoms with van der Waals surface area (Å²) in [5, 5.41) is 0. The molecule has 2 aromatic carbocycles. The molecule has 1 N–H and O–H groups in total. The Labute approximate surface area is 167 Å². The van der Waals surface area contributed by atoms with Crippen molar-refractivity contribution in [2.75, 3.05) is 7.11 Å². The molecule has 2 aromatic rings. The lowest BCUT2D eigenvalue weighted by atomic mass is 9.98. The van der Waals surface area contributed by atoms with E-state index in [9.17, 15) is 9.59 Å². The van der Waals surface area contributed by atoms with Gasteiger partial charge in [0.1, 0.15) is 5.60 Å².